The minimum atomic E-state index is -0.801. The highest BCUT2D eigenvalue weighted by molar-refractivity contribution is 5.94. The number of carboxylic acid groups (broad SMARTS) is 1. The molecular weight excluding hydrogens is 408 g/mol. The number of fused-ring (bicyclic) bond motifs is 1. The van der Waals surface area contributed by atoms with Crippen molar-refractivity contribution in [3.05, 3.63) is 54.2 Å². The van der Waals surface area contributed by atoms with E-state index in [9.17, 15) is 10.1 Å². The first-order valence-electron chi connectivity index (χ1n) is 10.3. The Morgan fingerprint density at radius 3 is 2.88 bits per heavy atom. The summed E-state index contributed by atoms with van der Waals surface area (Å²) < 4.78 is 13.2. The second kappa shape index (κ2) is 8.94. The molecule has 0 saturated heterocycles. The van der Waals surface area contributed by atoms with Gasteiger partial charge in [-0.3, -0.25) is 4.79 Å². The number of benzene rings is 2. The average molecular weight is 430 g/mol. The van der Waals surface area contributed by atoms with Crippen molar-refractivity contribution in [3.8, 4) is 34.7 Å². The zero-order valence-electron chi connectivity index (χ0n) is 17.8. The summed E-state index contributed by atoms with van der Waals surface area (Å²) in [4.78, 5) is 15.3. The van der Waals surface area contributed by atoms with Crippen molar-refractivity contribution < 1.29 is 19.2 Å². The van der Waals surface area contributed by atoms with E-state index in [-0.39, 0.29) is 12.5 Å². The van der Waals surface area contributed by atoms with Gasteiger partial charge in [-0.2, -0.15) is 10.2 Å². The molecule has 8 heteroatoms. The Bertz CT molecular complexity index is 1310. The number of nitriles is 1. The van der Waals surface area contributed by atoms with Gasteiger partial charge < -0.3 is 18.9 Å². The van der Waals surface area contributed by atoms with Crippen LogP contribution in [0, 0.1) is 11.3 Å². The van der Waals surface area contributed by atoms with Gasteiger partial charge in [0.2, 0.25) is 5.82 Å². The van der Waals surface area contributed by atoms with Crippen LogP contribution in [0.5, 0.6) is 5.75 Å². The van der Waals surface area contributed by atoms with E-state index < -0.39 is 5.97 Å². The zero-order valence-corrected chi connectivity index (χ0v) is 17.8. The van der Waals surface area contributed by atoms with Crippen molar-refractivity contribution in [2.75, 3.05) is 0 Å². The van der Waals surface area contributed by atoms with Crippen LogP contribution in [0.2, 0.25) is 0 Å². The topological polar surface area (TPSA) is 114 Å². The smallest absolute Gasteiger partial charge is 0.303 e. The van der Waals surface area contributed by atoms with E-state index >= 15 is 0 Å². The number of aliphatic carboxylic acids is 1. The van der Waals surface area contributed by atoms with Crippen molar-refractivity contribution in [2.45, 2.75) is 39.3 Å². The van der Waals surface area contributed by atoms with E-state index in [2.05, 4.69) is 16.2 Å². The van der Waals surface area contributed by atoms with Crippen molar-refractivity contribution in [1.82, 2.24) is 14.7 Å². The zero-order chi connectivity index (χ0) is 22.7. The molecule has 162 valence electrons. The van der Waals surface area contributed by atoms with E-state index in [1.807, 2.05) is 48.9 Å². The molecule has 0 aliphatic rings. The lowest BCUT2D eigenvalue weighted by Gasteiger charge is -2.11. The Labute approximate surface area is 184 Å². The lowest BCUT2D eigenvalue weighted by molar-refractivity contribution is -0.137. The standard InChI is InChI=1S/C24H22N4O4/c1-15(2)31-21-9-8-16(13-17(21)14-25)24-26-23(27-32-24)19-5-3-6-20-18(19)10-12-28(20)11-4-7-22(29)30/h3,5-6,8-10,12-13,15H,4,7,11H2,1-2H3,(H,29,30). The summed E-state index contributed by atoms with van der Waals surface area (Å²) >= 11 is 0. The van der Waals surface area contributed by atoms with Gasteiger partial charge in [0, 0.05) is 41.2 Å². The first-order valence-corrected chi connectivity index (χ1v) is 10.3. The molecule has 2 aromatic heterocycles. The predicted molar refractivity (Wildman–Crippen MR) is 118 cm³/mol. The molecule has 0 aliphatic carbocycles. The minimum Gasteiger partial charge on any atom is -0.490 e. The van der Waals surface area contributed by atoms with Crippen LogP contribution < -0.4 is 4.74 Å². The Hall–Kier alpha value is -4.12. The molecule has 0 fully saturated rings. The van der Waals surface area contributed by atoms with Gasteiger partial charge in [-0.15, -0.1) is 0 Å². The molecule has 0 amide bonds. The highest BCUT2D eigenvalue weighted by Gasteiger charge is 2.16. The SMILES string of the molecule is CC(C)Oc1ccc(-c2nc(-c3cccc4c3ccn4CCCC(=O)O)no2)cc1C#N. The van der Waals surface area contributed by atoms with Crippen molar-refractivity contribution in [2.24, 2.45) is 0 Å². The number of hydrogen-bond donors (Lipinski definition) is 1. The van der Waals surface area contributed by atoms with E-state index in [0.29, 0.717) is 41.6 Å². The molecule has 0 saturated carbocycles. The fourth-order valence-electron chi connectivity index (χ4n) is 3.57. The third kappa shape index (κ3) is 4.32. The van der Waals surface area contributed by atoms with Gasteiger partial charge in [-0.25, -0.2) is 0 Å². The Balaban J connectivity index is 1.63. The van der Waals surface area contributed by atoms with Gasteiger partial charge in [0.1, 0.15) is 11.8 Å². The number of ether oxygens (including phenoxy) is 1. The summed E-state index contributed by atoms with van der Waals surface area (Å²) in [5.41, 5.74) is 2.82. The predicted octanol–water partition coefficient (Wildman–Crippen LogP) is 4.88. The van der Waals surface area contributed by atoms with E-state index in [1.165, 1.54) is 0 Å². The van der Waals surface area contributed by atoms with Gasteiger partial charge in [0.05, 0.1) is 11.7 Å². The fraction of sp³-hybridized carbons (Fsp3) is 0.250. The number of rotatable bonds is 8. The molecule has 2 heterocycles. The molecule has 4 aromatic rings. The largest absolute Gasteiger partial charge is 0.490 e. The maximum absolute atomic E-state index is 10.8. The van der Waals surface area contributed by atoms with Crippen LogP contribution in [-0.4, -0.2) is 31.9 Å². The molecule has 0 spiro atoms. The van der Waals surface area contributed by atoms with E-state index in [1.54, 1.807) is 18.2 Å². The lowest BCUT2D eigenvalue weighted by atomic mass is 10.1. The van der Waals surface area contributed by atoms with Crippen LogP contribution in [0.4, 0.5) is 0 Å². The number of carboxylic acids is 1. The number of aryl methyl sites for hydroxylation is 1. The molecule has 8 nitrogen and oxygen atoms in total. The number of hydrogen-bond acceptors (Lipinski definition) is 6. The summed E-state index contributed by atoms with van der Waals surface area (Å²) in [6, 6.07) is 15.1. The third-order valence-electron chi connectivity index (χ3n) is 4.98. The molecule has 0 bridgehead atoms. The van der Waals surface area contributed by atoms with Gasteiger partial charge in [-0.1, -0.05) is 17.3 Å². The molecule has 2 aromatic carbocycles. The summed E-state index contributed by atoms with van der Waals surface area (Å²) in [5, 5.41) is 23.4. The monoisotopic (exact) mass is 430 g/mol. The maximum atomic E-state index is 10.8. The second-order valence-electron chi connectivity index (χ2n) is 7.66. The molecule has 0 radical (unpaired) electrons. The normalized spacial score (nSPS) is 11.1. The van der Waals surface area contributed by atoms with Gasteiger partial charge in [0.15, 0.2) is 0 Å². The molecular formula is C24H22N4O4. The van der Waals surface area contributed by atoms with Crippen molar-refractivity contribution in [3.63, 3.8) is 0 Å². The Morgan fingerprint density at radius 2 is 2.12 bits per heavy atom. The highest BCUT2D eigenvalue weighted by Crippen LogP contribution is 2.31. The highest BCUT2D eigenvalue weighted by atomic mass is 16.5. The summed E-state index contributed by atoms with van der Waals surface area (Å²) in [6.45, 7) is 4.41. The van der Waals surface area contributed by atoms with Crippen LogP contribution in [-0.2, 0) is 11.3 Å². The molecule has 0 aliphatic heterocycles. The van der Waals surface area contributed by atoms with Crippen LogP contribution in [0.15, 0.2) is 53.2 Å². The molecule has 1 N–H and O–H groups in total. The van der Waals surface area contributed by atoms with Crippen molar-refractivity contribution in [1.29, 1.82) is 5.26 Å². The van der Waals surface area contributed by atoms with Crippen LogP contribution in [0.25, 0.3) is 33.7 Å². The Morgan fingerprint density at radius 1 is 1.28 bits per heavy atom. The molecule has 4 rings (SSSR count). The summed E-state index contributed by atoms with van der Waals surface area (Å²) in [7, 11) is 0. The summed E-state index contributed by atoms with van der Waals surface area (Å²) in [6.07, 6.45) is 2.57. The number of aromatic nitrogens is 3. The lowest BCUT2D eigenvalue weighted by Crippen LogP contribution is -2.06. The van der Waals surface area contributed by atoms with Crippen molar-refractivity contribution >= 4 is 16.9 Å². The van der Waals surface area contributed by atoms with Crippen LogP contribution in [0.3, 0.4) is 0 Å². The minimum absolute atomic E-state index is 0.0418. The fourth-order valence-corrected chi connectivity index (χ4v) is 3.57. The van der Waals surface area contributed by atoms with Gasteiger partial charge in [0.25, 0.3) is 5.89 Å². The molecule has 0 unspecified atom stereocenters. The van der Waals surface area contributed by atoms with E-state index in [4.69, 9.17) is 14.4 Å². The van der Waals surface area contributed by atoms with Gasteiger partial charge >= 0.3 is 5.97 Å². The molecule has 32 heavy (non-hydrogen) atoms. The first-order chi connectivity index (χ1) is 15.5. The Kier molecular flexibility index (Phi) is 5.90. The quantitative estimate of drug-likeness (QED) is 0.423. The summed E-state index contributed by atoms with van der Waals surface area (Å²) in [5.74, 6) is 0.463. The number of carbonyl (C=O) groups is 1. The number of nitrogens with zero attached hydrogens (tertiary/aromatic N) is 4. The second-order valence-corrected chi connectivity index (χ2v) is 7.66. The van der Waals surface area contributed by atoms with Gasteiger partial charge in [-0.05, 0) is 50.6 Å². The van der Waals surface area contributed by atoms with Crippen LogP contribution >= 0.6 is 0 Å². The maximum Gasteiger partial charge on any atom is 0.303 e. The van der Waals surface area contributed by atoms with Crippen LogP contribution in [0.1, 0.15) is 32.3 Å². The average Bonchev–Trinajstić information content (AvgIpc) is 3.41. The first kappa shape index (κ1) is 21.1. The third-order valence-corrected chi connectivity index (χ3v) is 4.98. The van der Waals surface area contributed by atoms with E-state index in [0.717, 1.165) is 16.5 Å². The molecule has 0 atom stereocenters.